The highest BCUT2D eigenvalue weighted by Crippen LogP contribution is 2.11. The standard InChI is InChI=1S/C21H29N5O.HI/c1-22-21(26(4)15-17-9-6-5-7-10-17)23-14-18-11-8-12-19(13-18)24-20(27)16-25(2)3;/h5-13H,14-16H2,1-4H3,(H,22,23)(H,24,27);1H. The maximum atomic E-state index is 11.9. The minimum absolute atomic E-state index is 0. The molecule has 0 aliphatic rings. The van der Waals surface area contributed by atoms with Gasteiger partial charge in [0.25, 0.3) is 0 Å². The number of nitrogens with zero attached hydrogens (tertiary/aromatic N) is 3. The van der Waals surface area contributed by atoms with E-state index in [0.717, 1.165) is 23.8 Å². The molecule has 0 aromatic heterocycles. The van der Waals surface area contributed by atoms with Crippen LogP contribution in [0.5, 0.6) is 0 Å². The van der Waals surface area contributed by atoms with Gasteiger partial charge in [-0.25, -0.2) is 0 Å². The second kappa shape index (κ2) is 12.4. The fourth-order valence-electron chi connectivity index (χ4n) is 2.74. The summed E-state index contributed by atoms with van der Waals surface area (Å²) in [7, 11) is 7.54. The maximum absolute atomic E-state index is 11.9. The second-order valence-corrected chi connectivity index (χ2v) is 6.73. The lowest BCUT2D eigenvalue weighted by Gasteiger charge is -2.22. The van der Waals surface area contributed by atoms with Crippen LogP contribution in [0.2, 0.25) is 0 Å². The van der Waals surface area contributed by atoms with Crippen LogP contribution in [-0.4, -0.2) is 56.4 Å². The first kappa shape index (κ1) is 23.9. The Balaban J connectivity index is 0.00000392. The van der Waals surface area contributed by atoms with Crippen molar-refractivity contribution in [3.8, 4) is 0 Å². The van der Waals surface area contributed by atoms with E-state index in [2.05, 4.69) is 32.7 Å². The van der Waals surface area contributed by atoms with Gasteiger partial charge in [0.05, 0.1) is 6.54 Å². The van der Waals surface area contributed by atoms with Crippen molar-refractivity contribution in [1.29, 1.82) is 0 Å². The third-order valence-corrected chi connectivity index (χ3v) is 3.96. The Bertz CT molecular complexity index is 764. The topological polar surface area (TPSA) is 60.0 Å². The van der Waals surface area contributed by atoms with Crippen molar-refractivity contribution < 1.29 is 4.79 Å². The molecule has 0 atom stereocenters. The Hall–Kier alpha value is -2.13. The van der Waals surface area contributed by atoms with Crippen LogP contribution in [0.3, 0.4) is 0 Å². The number of hydrogen-bond acceptors (Lipinski definition) is 3. The largest absolute Gasteiger partial charge is 0.352 e. The van der Waals surface area contributed by atoms with Crippen molar-refractivity contribution in [2.75, 3.05) is 40.1 Å². The molecule has 0 aliphatic heterocycles. The van der Waals surface area contributed by atoms with Gasteiger partial charge >= 0.3 is 0 Å². The highest BCUT2D eigenvalue weighted by atomic mass is 127. The third-order valence-electron chi connectivity index (χ3n) is 3.96. The normalized spacial score (nSPS) is 11.0. The number of carbonyl (C=O) groups excluding carboxylic acids is 1. The van der Waals surface area contributed by atoms with Crippen LogP contribution >= 0.6 is 24.0 Å². The molecule has 28 heavy (non-hydrogen) atoms. The van der Waals surface area contributed by atoms with Gasteiger partial charge in [-0.05, 0) is 37.4 Å². The summed E-state index contributed by atoms with van der Waals surface area (Å²) in [5.41, 5.74) is 3.11. The molecule has 2 aromatic rings. The molecule has 0 aliphatic carbocycles. The predicted octanol–water partition coefficient (Wildman–Crippen LogP) is 3.01. The van der Waals surface area contributed by atoms with Gasteiger partial charge < -0.3 is 20.4 Å². The Morgan fingerprint density at radius 3 is 2.32 bits per heavy atom. The highest BCUT2D eigenvalue weighted by molar-refractivity contribution is 14.0. The molecule has 2 aromatic carbocycles. The van der Waals surface area contributed by atoms with Gasteiger partial charge in [-0.3, -0.25) is 9.79 Å². The SMILES string of the molecule is CN=C(NCc1cccc(NC(=O)CN(C)C)c1)N(C)Cc1ccccc1.I. The number of guanidine groups is 1. The number of amides is 1. The molecule has 6 nitrogen and oxygen atoms in total. The second-order valence-electron chi connectivity index (χ2n) is 6.73. The summed E-state index contributed by atoms with van der Waals surface area (Å²) in [5, 5.41) is 6.30. The minimum atomic E-state index is -0.0245. The average Bonchev–Trinajstić information content (AvgIpc) is 2.62. The van der Waals surface area contributed by atoms with E-state index in [-0.39, 0.29) is 29.9 Å². The first-order chi connectivity index (χ1) is 13.0. The van der Waals surface area contributed by atoms with Crippen molar-refractivity contribution in [2.45, 2.75) is 13.1 Å². The fourth-order valence-corrected chi connectivity index (χ4v) is 2.74. The molecule has 152 valence electrons. The monoisotopic (exact) mass is 495 g/mol. The molecule has 0 radical (unpaired) electrons. The quantitative estimate of drug-likeness (QED) is 0.353. The number of rotatable bonds is 7. The van der Waals surface area contributed by atoms with Crippen LogP contribution in [0, 0.1) is 0 Å². The predicted molar refractivity (Wildman–Crippen MR) is 127 cm³/mol. The molecule has 0 unspecified atom stereocenters. The molecular weight excluding hydrogens is 465 g/mol. The summed E-state index contributed by atoms with van der Waals surface area (Å²) < 4.78 is 0. The van der Waals surface area contributed by atoms with E-state index in [1.807, 2.05) is 68.5 Å². The van der Waals surface area contributed by atoms with Crippen molar-refractivity contribution in [3.63, 3.8) is 0 Å². The van der Waals surface area contributed by atoms with E-state index in [0.29, 0.717) is 13.1 Å². The molecule has 2 rings (SSSR count). The Labute approximate surface area is 185 Å². The number of likely N-dealkylation sites (N-methyl/N-ethyl adjacent to an activating group) is 1. The molecule has 0 saturated heterocycles. The van der Waals surface area contributed by atoms with Crippen LogP contribution in [0.25, 0.3) is 0 Å². The van der Waals surface area contributed by atoms with Crippen molar-refractivity contribution >= 4 is 41.5 Å². The third kappa shape index (κ3) is 8.26. The van der Waals surface area contributed by atoms with Crippen LogP contribution < -0.4 is 10.6 Å². The van der Waals surface area contributed by atoms with E-state index >= 15 is 0 Å². The Kier molecular flexibility index (Phi) is 10.5. The van der Waals surface area contributed by atoms with E-state index < -0.39 is 0 Å². The number of aliphatic imine (C=N–C) groups is 1. The molecule has 0 heterocycles. The van der Waals surface area contributed by atoms with Gasteiger partial charge in [0.15, 0.2) is 5.96 Å². The molecule has 7 heteroatoms. The van der Waals surface area contributed by atoms with Gasteiger partial charge in [-0.1, -0.05) is 42.5 Å². The molecule has 0 fully saturated rings. The maximum Gasteiger partial charge on any atom is 0.238 e. The summed E-state index contributed by atoms with van der Waals surface area (Å²) in [5.74, 6) is 0.796. The smallest absolute Gasteiger partial charge is 0.238 e. The first-order valence-electron chi connectivity index (χ1n) is 8.97. The fraction of sp³-hybridized carbons (Fsp3) is 0.333. The molecule has 0 bridgehead atoms. The van der Waals surface area contributed by atoms with Crippen molar-refractivity contribution in [3.05, 3.63) is 65.7 Å². The number of hydrogen-bond donors (Lipinski definition) is 2. The van der Waals surface area contributed by atoms with Gasteiger partial charge in [-0.15, -0.1) is 24.0 Å². The van der Waals surface area contributed by atoms with Crippen LogP contribution in [-0.2, 0) is 17.9 Å². The lowest BCUT2D eigenvalue weighted by atomic mass is 10.2. The van der Waals surface area contributed by atoms with Crippen LogP contribution in [0.1, 0.15) is 11.1 Å². The van der Waals surface area contributed by atoms with Gasteiger partial charge in [-0.2, -0.15) is 0 Å². The number of carbonyl (C=O) groups is 1. The number of nitrogens with one attached hydrogen (secondary N) is 2. The van der Waals surface area contributed by atoms with Crippen LogP contribution in [0.15, 0.2) is 59.6 Å². The number of anilines is 1. The summed E-state index contributed by atoms with van der Waals surface area (Å²) >= 11 is 0. The Morgan fingerprint density at radius 1 is 1.00 bits per heavy atom. The Morgan fingerprint density at radius 2 is 1.68 bits per heavy atom. The summed E-state index contributed by atoms with van der Waals surface area (Å²) in [6, 6.07) is 18.1. The van der Waals surface area contributed by atoms with Gasteiger partial charge in [0, 0.05) is 32.9 Å². The number of benzene rings is 2. The van der Waals surface area contributed by atoms with E-state index in [9.17, 15) is 4.79 Å². The zero-order chi connectivity index (χ0) is 19.6. The number of halogens is 1. The summed E-state index contributed by atoms with van der Waals surface area (Å²) in [4.78, 5) is 20.2. The lowest BCUT2D eigenvalue weighted by molar-refractivity contribution is -0.116. The van der Waals surface area contributed by atoms with Gasteiger partial charge in [0.2, 0.25) is 5.91 Å². The lowest BCUT2D eigenvalue weighted by Crippen LogP contribution is -2.38. The van der Waals surface area contributed by atoms with E-state index in [1.165, 1.54) is 5.56 Å². The van der Waals surface area contributed by atoms with Crippen molar-refractivity contribution in [1.82, 2.24) is 15.1 Å². The summed E-state index contributed by atoms with van der Waals surface area (Å²) in [6.45, 7) is 1.77. The highest BCUT2D eigenvalue weighted by Gasteiger charge is 2.08. The minimum Gasteiger partial charge on any atom is -0.352 e. The average molecular weight is 495 g/mol. The summed E-state index contributed by atoms with van der Waals surface area (Å²) in [6.07, 6.45) is 0. The molecule has 0 saturated carbocycles. The van der Waals surface area contributed by atoms with Gasteiger partial charge in [0.1, 0.15) is 0 Å². The van der Waals surface area contributed by atoms with E-state index in [4.69, 9.17) is 0 Å². The van der Waals surface area contributed by atoms with Crippen LogP contribution in [0.4, 0.5) is 5.69 Å². The zero-order valence-corrected chi connectivity index (χ0v) is 19.3. The van der Waals surface area contributed by atoms with E-state index in [1.54, 1.807) is 7.05 Å². The molecular formula is C21H30IN5O. The zero-order valence-electron chi connectivity index (χ0n) is 17.0. The van der Waals surface area contributed by atoms with Crippen molar-refractivity contribution in [2.24, 2.45) is 4.99 Å². The first-order valence-corrected chi connectivity index (χ1v) is 8.97. The molecule has 2 N–H and O–H groups in total. The molecule has 1 amide bonds. The molecule has 0 spiro atoms.